The van der Waals surface area contributed by atoms with Crippen LogP contribution in [0.1, 0.15) is 59.1 Å². The van der Waals surface area contributed by atoms with Crippen LogP contribution in [0.25, 0.3) is 0 Å². The molecule has 0 saturated carbocycles. The van der Waals surface area contributed by atoms with Crippen LogP contribution >= 0.6 is 0 Å². The molecule has 0 aliphatic carbocycles. The molecule has 0 aromatic carbocycles. The average molecular weight is 265 g/mol. The highest BCUT2D eigenvalue weighted by atomic mass is 16.5. The van der Waals surface area contributed by atoms with Crippen LogP contribution in [0, 0.1) is 6.92 Å². The monoisotopic (exact) mass is 265 g/mol. The summed E-state index contributed by atoms with van der Waals surface area (Å²) in [4.78, 5) is 8.12. The predicted octanol–water partition coefficient (Wildman–Crippen LogP) is 3.65. The van der Waals surface area contributed by atoms with E-state index in [-0.39, 0.29) is 10.8 Å². The minimum absolute atomic E-state index is 0.0265. The molecular weight excluding hydrogens is 242 g/mol. The van der Waals surface area contributed by atoms with Crippen LogP contribution in [0.2, 0.25) is 0 Å². The Morgan fingerprint density at radius 3 is 1.74 bits per heavy atom. The first kappa shape index (κ1) is 15.4. The van der Waals surface area contributed by atoms with E-state index in [0.29, 0.717) is 11.7 Å². The van der Waals surface area contributed by atoms with Gasteiger partial charge in [-0.3, -0.25) is 0 Å². The van der Waals surface area contributed by atoms with Gasteiger partial charge in [-0.15, -0.1) is 0 Å². The summed E-state index contributed by atoms with van der Waals surface area (Å²) in [6, 6.07) is 0. The average Bonchev–Trinajstić information content (AvgIpc) is 2.84. The number of hydrogen-bond acceptors (Lipinski definition) is 5. The third kappa shape index (κ3) is 4.85. The summed E-state index contributed by atoms with van der Waals surface area (Å²) in [5, 5.41) is 3.70. The predicted molar refractivity (Wildman–Crippen MR) is 72.9 cm³/mol. The molecule has 0 N–H and O–H groups in total. The molecule has 0 fully saturated rings. The van der Waals surface area contributed by atoms with Crippen LogP contribution < -0.4 is 0 Å². The van der Waals surface area contributed by atoms with Crippen LogP contribution in [0.5, 0.6) is 0 Å². The van der Waals surface area contributed by atoms with Crippen molar-refractivity contribution in [2.45, 2.75) is 59.3 Å². The molecule has 5 heteroatoms. The van der Waals surface area contributed by atoms with Gasteiger partial charge in [0.25, 0.3) is 0 Å². The van der Waals surface area contributed by atoms with Crippen LogP contribution in [-0.2, 0) is 10.8 Å². The van der Waals surface area contributed by atoms with Crippen molar-refractivity contribution in [1.82, 2.24) is 15.1 Å². The first-order valence-electron chi connectivity index (χ1n) is 6.31. The first-order chi connectivity index (χ1) is 8.60. The van der Waals surface area contributed by atoms with E-state index in [4.69, 9.17) is 8.94 Å². The van der Waals surface area contributed by atoms with Crippen LogP contribution in [0.3, 0.4) is 0 Å². The minimum atomic E-state index is -0.0265. The summed E-state index contributed by atoms with van der Waals surface area (Å²) in [6.45, 7) is 14.1. The van der Waals surface area contributed by atoms with E-state index in [1.54, 1.807) is 12.5 Å². The Morgan fingerprint density at radius 2 is 1.53 bits per heavy atom. The standard InChI is InChI=1S/C7H12N2O.C7H11NO/c1-5-8-6(10-9-5)7(2,3)4;1-7(2,3)6-8-4-5-9-6/h1-4H3;4-5H,1-3H3. The van der Waals surface area contributed by atoms with E-state index in [2.05, 4.69) is 35.9 Å². The molecule has 0 aliphatic rings. The van der Waals surface area contributed by atoms with Crippen molar-refractivity contribution in [3.05, 3.63) is 30.1 Å². The zero-order valence-electron chi connectivity index (χ0n) is 12.8. The van der Waals surface area contributed by atoms with Crippen molar-refractivity contribution >= 4 is 0 Å². The quantitative estimate of drug-likeness (QED) is 0.727. The number of aromatic nitrogens is 3. The largest absolute Gasteiger partial charge is 0.448 e. The summed E-state index contributed by atoms with van der Waals surface area (Å²) in [5.74, 6) is 2.19. The van der Waals surface area contributed by atoms with E-state index < -0.39 is 0 Å². The molecule has 0 bridgehead atoms. The van der Waals surface area contributed by atoms with Gasteiger partial charge < -0.3 is 8.94 Å². The zero-order chi connectivity index (χ0) is 14.7. The number of nitrogens with zero attached hydrogens (tertiary/aromatic N) is 3. The van der Waals surface area contributed by atoms with Crippen molar-refractivity contribution < 1.29 is 8.94 Å². The molecule has 5 nitrogen and oxygen atoms in total. The van der Waals surface area contributed by atoms with Crippen molar-refractivity contribution in [2.24, 2.45) is 0 Å². The highest BCUT2D eigenvalue weighted by Gasteiger charge is 2.20. The molecule has 0 spiro atoms. The summed E-state index contributed by atoms with van der Waals surface area (Å²) < 4.78 is 10.1. The van der Waals surface area contributed by atoms with Gasteiger partial charge in [0.2, 0.25) is 5.89 Å². The summed E-state index contributed by atoms with van der Waals surface area (Å²) >= 11 is 0. The second-order valence-corrected chi connectivity index (χ2v) is 6.48. The molecule has 0 unspecified atom stereocenters. The molecule has 0 radical (unpaired) electrons. The second kappa shape index (κ2) is 5.55. The Morgan fingerprint density at radius 1 is 0.947 bits per heavy atom. The molecule has 2 aromatic heterocycles. The van der Waals surface area contributed by atoms with E-state index in [1.807, 2.05) is 27.7 Å². The fourth-order valence-electron chi connectivity index (χ4n) is 1.20. The van der Waals surface area contributed by atoms with Gasteiger partial charge in [-0.2, -0.15) is 4.98 Å². The Kier molecular flexibility index (Phi) is 4.50. The Bertz CT molecular complexity index is 487. The molecule has 19 heavy (non-hydrogen) atoms. The van der Waals surface area contributed by atoms with Crippen molar-refractivity contribution in [3.8, 4) is 0 Å². The molecular formula is C14H23N3O2. The third-order valence-corrected chi connectivity index (χ3v) is 2.24. The molecule has 2 heterocycles. The second-order valence-electron chi connectivity index (χ2n) is 6.48. The number of rotatable bonds is 0. The lowest BCUT2D eigenvalue weighted by Gasteiger charge is -2.11. The van der Waals surface area contributed by atoms with Gasteiger partial charge >= 0.3 is 0 Å². The summed E-state index contributed by atoms with van der Waals surface area (Å²) in [5.41, 5.74) is 0.0186. The Hall–Kier alpha value is -1.65. The van der Waals surface area contributed by atoms with Crippen LogP contribution in [0.4, 0.5) is 0 Å². The van der Waals surface area contributed by atoms with E-state index in [1.165, 1.54) is 0 Å². The molecule has 2 rings (SSSR count). The lowest BCUT2D eigenvalue weighted by Crippen LogP contribution is -2.11. The fourth-order valence-corrected chi connectivity index (χ4v) is 1.20. The lowest BCUT2D eigenvalue weighted by atomic mass is 9.97. The van der Waals surface area contributed by atoms with Gasteiger partial charge in [0, 0.05) is 10.8 Å². The molecule has 0 atom stereocenters. The molecule has 106 valence electrons. The maximum atomic E-state index is 5.09. The maximum absolute atomic E-state index is 5.09. The normalized spacial score (nSPS) is 11.9. The minimum Gasteiger partial charge on any atom is -0.448 e. The van der Waals surface area contributed by atoms with Gasteiger partial charge in [-0.25, -0.2) is 4.98 Å². The van der Waals surface area contributed by atoms with Gasteiger partial charge in [0.05, 0.1) is 6.20 Å². The molecule has 0 amide bonds. The van der Waals surface area contributed by atoms with E-state index in [9.17, 15) is 0 Å². The Labute approximate surface area is 114 Å². The van der Waals surface area contributed by atoms with Crippen LogP contribution in [-0.4, -0.2) is 15.1 Å². The Balaban J connectivity index is 0.000000191. The highest BCUT2D eigenvalue weighted by Crippen LogP contribution is 2.19. The van der Waals surface area contributed by atoms with E-state index in [0.717, 1.165) is 5.89 Å². The zero-order valence-corrected chi connectivity index (χ0v) is 12.8. The summed E-state index contributed by atoms with van der Waals surface area (Å²) in [7, 11) is 0. The van der Waals surface area contributed by atoms with Crippen molar-refractivity contribution in [3.63, 3.8) is 0 Å². The fraction of sp³-hybridized carbons (Fsp3) is 0.643. The third-order valence-electron chi connectivity index (χ3n) is 2.24. The SMILES string of the molecule is CC(C)(C)c1ncco1.Cc1noc(C(C)(C)C)n1. The van der Waals surface area contributed by atoms with Crippen molar-refractivity contribution in [2.75, 3.05) is 0 Å². The lowest BCUT2D eigenvalue weighted by molar-refractivity contribution is 0.319. The van der Waals surface area contributed by atoms with E-state index >= 15 is 0 Å². The van der Waals surface area contributed by atoms with Crippen molar-refractivity contribution in [1.29, 1.82) is 0 Å². The van der Waals surface area contributed by atoms with Gasteiger partial charge in [-0.05, 0) is 6.92 Å². The van der Waals surface area contributed by atoms with Gasteiger partial charge in [0.1, 0.15) is 6.26 Å². The molecule has 2 aromatic rings. The first-order valence-corrected chi connectivity index (χ1v) is 6.31. The van der Waals surface area contributed by atoms with Crippen LogP contribution in [0.15, 0.2) is 21.4 Å². The smallest absolute Gasteiger partial charge is 0.232 e. The molecule has 0 saturated heterocycles. The number of hydrogen-bond donors (Lipinski definition) is 0. The number of oxazole rings is 1. The van der Waals surface area contributed by atoms with Gasteiger partial charge in [0.15, 0.2) is 11.7 Å². The maximum Gasteiger partial charge on any atom is 0.232 e. The van der Waals surface area contributed by atoms with Gasteiger partial charge in [-0.1, -0.05) is 46.7 Å². The summed E-state index contributed by atoms with van der Waals surface area (Å²) in [6.07, 6.45) is 3.27. The number of aryl methyl sites for hydroxylation is 1. The topological polar surface area (TPSA) is 65.0 Å². The molecule has 0 aliphatic heterocycles. The highest BCUT2D eigenvalue weighted by molar-refractivity contribution is 4.97.